The molecule has 2 aromatic carbocycles. The summed E-state index contributed by atoms with van der Waals surface area (Å²) in [5, 5.41) is 0.912. The molecule has 3 unspecified atom stereocenters. The number of aromatic amines is 1. The Balaban J connectivity index is 1.63. The molecule has 158 valence electrons. The fraction of sp³-hybridized carbons (Fsp3) is 0.375. The van der Waals surface area contributed by atoms with Gasteiger partial charge in [0.1, 0.15) is 23.3 Å². The first-order valence-corrected chi connectivity index (χ1v) is 10.1. The van der Waals surface area contributed by atoms with Gasteiger partial charge < -0.3 is 19.2 Å². The number of methoxy groups -OCH3 is 2. The number of nitrogens with one attached hydrogen (secondary N) is 1. The number of pyridine rings is 1. The lowest BCUT2D eigenvalue weighted by molar-refractivity contribution is -0.104. The van der Waals surface area contributed by atoms with Crippen LogP contribution in [-0.4, -0.2) is 25.3 Å². The summed E-state index contributed by atoms with van der Waals surface area (Å²) >= 11 is 0. The van der Waals surface area contributed by atoms with Gasteiger partial charge in [0.15, 0.2) is 0 Å². The molecule has 1 fully saturated rings. The maximum Gasteiger partial charge on any atom is 0.248 e. The van der Waals surface area contributed by atoms with Crippen LogP contribution in [0.1, 0.15) is 43.4 Å². The second kappa shape index (κ2) is 8.20. The fourth-order valence-electron chi connectivity index (χ4n) is 4.51. The Labute approximate surface area is 174 Å². The average Bonchev–Trinajstić information content (AvgIpc) is 3.17. The van der Waals surface area contributed by atoms with E-state index >= 15 is 0 Å². The SMILES string of the molecule is COC1CCCC1(OC)c1cc(F)cc(OC(C)c2ccc3[nH]c(=O)ccc3c2)c1. The minimum atomic E-state index is -0.674. The van der Waals surface area contributed by atoms with Gasteiger partial charge in [0.05, 0.1) is 6.10 Å². The predicted octanol–water partition coefficient (Wildman–Crippen LogP) is 4.85. The van der Waals surface area contributed by atoms with Gasteiger partial charge in [0.25, 0.3) is 0 Å². The van der Waals surface area contributed by atoms with Gasteiger partial charge in [-0.15, -0.1) is 0 Å². The van der Waals surface area contributed by atoms with Gasteiger partial charge in [-0.05, 0) is 73.0 Å². The summed E-state index contributed by atoms with van der Waals surface area (Å²) in [6.45, 7) is 1.91. The van der Waals surface area contributed by atoms with Crippen LogP contribution in [0.15, 0.2) is 53.3 Å². The molecule has 3 aromatic rings. The molecule has 1 aliphatic carbocycles. The van der Waals surface area contributed by atoms with Crippen molar-refractivity contribution in [3.63, 3.8) is 0 Å². The molecule has 1 aliphatic rings. The van der Waals surface area contributed by atoms with Crippen LogP contribution in [0.5, 0.6) is 5.75 Å². The monoisotopic (exact) mass is 411 g/mol. The highest BCUT2D eigenvalue weighted by atomic mass is 19.1. The molecule has 1 saturated carbocycles. The third-order valence-electron chi connectivity index (χ3n) is 6.07. The third-order valence-corrected chi connectivity index (χ3v) is 6.07. The highest BCUT2D eigenvalue weighted by Gasteiger charge is 2.45. The normalized spacial score (nSPS) is 22.3. The molecule has 0 radical (unpaired) electrons. The van der Waals surface area contributed by atoms with E-state index in [0.717, 1.165) is 41.3 Å². The van der Waals surface area contributed by atoms with E-state index < -0.39 is 5.60 Å². The van der Waals surface area contributed by atoms with E-state index in [1.165, 1.54) is 18.2 Å². The van der Waals surface area contributed by atoms with Crippen LogP contribution in [0.4, 0.5) is 4.39 Å². The summed E-state index contributed by atoms with van der Waals surface area (Å²) in [5.74, 6) is 0.0706. The van der Waals surface area contributed by atoms with Gasteiger partial charge in [-0.2, -0.15) is 0 Å². The van der Waals surface area contributed by atoms with Crippen molar-refractivity contribution in [3.05, 3.63) is 75.8 Å². The Morgan fingerprint density at radius 1 is 1.13 bits per heavy atom. The van der Waals surface area contributed by atoms with Crippen molar-refractivity contribution in [1.29, 1.82) is 0 Å². The fourth-order valence-corrected chi connectivity index (χ4v) is 4.51. The summed E-state index contributed by atoms with van der Waals surface area (Å²) in [5.41, 5.74) is 1.61. The summed E-state index contributed by atoms with van der Waals surface area (Å²) in [6.07, 6.45) is 2.15. The van der Waals surface area contributed by atoms with Gasteiger partial charge in [-0.3, -0.25) is 4.79 Å². The molecular weight excluding hydrogens is 385 g/mol. The van der Waals surface area contributed by atoms with Gasteiger partial charge in [-0.1, -0.05) is 6.07 Å². The van der Waals surface area contributed by atoms with E-state index in [1.54, 1.807) is 20.3 Å². The molecule has 1 heterocycles. The largest absolute Gasteiger partial charge is 0.486 e. The van der Waals surface area contributed by atoms with Crippen molar-refractivity contribution in [1.82, 2.24) is 4.98 Å². The quantitative estimate of drug-likeness (QED) is 0.630. The average molecular weight is 411 g/mol. The van der Waals surface area contributed by atoms with E-state index in [0.29, 0.717) is 5.75 Å². The molecule has 5 nitrogen and oxygen atoms in total. The topological polar surface area (TPSA) is 60.6 Å². The van der Waals surface area contributed by atoms with Crippen LogP contribution in [0.3, 0.4) is 0 Å². The number of aromatic nitrogens is 1. The number of hydrogen-bond donors (Lipinski definition) is 1. The lowest BCUT2D eigenvalue weighted by Crippen LogP contribution is -2.38. The Hall–Kier alpha value is -2.70. The van der Waals surface area contributed by atoms with Crippen LogP contribution in [0.2, 0.25) is 0 Å². The Kier molecular flexibility index (Phi) is 5.62. The van der Waals surface area contributed by atoms with Crippen LogP contribution >= 0.6 is 0 Å². The van der Waals surface area contributed by atoms with Gasteiger partial charge >= 0.3 is 0 Å². The van der Waals surface area contributed by atoms with E-state index in [2.05, 4.69) is 4.98 Å². The summed E-state index contributed by atoms with van der Waals surface area (Å²) in [7, 11) is 3.31. The third kappa shape index (κ3) is 3.73. The minimum absolute atomic E-state index is 0.128. The summed E-state index contributed by atoms with van der Waals surface area (Å²) < 4.78 is 32.1. The minimum Gasteiger partial charge on any atom is -0.486 e. The smallest absolute Gasteiger partial charge is 0.248 e. The van der Waals surface area contributed by atoms with Crippen LogP contribution in [0, 0.1) is 5.82 Å². The zero-order valence-corrected chi connectivity index (χ0v) is 17.4. The molecule has 4 rings (SSSR count). The second-order valence-corrected chi connectivity index (χ2v) is 7.82. The number of hydrogen-bond acceptors (Lipinski definition) is 4. The lowest BCUT2D eigenvalue weighted by atomic mass is 9.89. The van der Waals surface area contributed by atoms with Crippen molar-refractivity contribution < 1.29 is 18.6 Å². The molecule has 30 heavy (non-hydrogen) atoms. The van der Waals surface area contributed by atoms with Gasteiger partial charge in [0, 0.05) is 31.9 Å². The summed E-state index contributed by atoms with van der Waals surface area (Å²) in [4.78, 5) is 14.3. The maximum atomic E-state index is 14.5. The Morgan fingerprint density at radius 3 is 2.73 bits per heavy atom. The molecule has 0 bridgehead atoms. The van der Waals surface area contributed by atoms with E-state index in [-0.39, 0.29) is 23.6 Å². The zero-order valence-electron chi connectivity index (χ0n) is 17.4. The van der Waals surface area contributed by atoms with E-state index in [1.807, 2.05) is 31.2 Å². The first-order valence-electron chi connectivity index (χ1n) is 10.1. The number of rotatable bonds is 6. The molecule has 6 heteroatoms. The van der Waals surface area contributed by atoms with Crippen molar-refractivity contribution >= 4 is 10.9 Å². The van der Waals surface area contributed by atoms with Gasteiger partial charge in [-0.25, -0.2) is 4.39 Å². The van der Waals surface area contributed by atoms with E-state index in [9.17, 15) is 9.18 Å². The molecular formula is C24H26FNO4. The number of halogens is 1. The number of benzene rings is 2. The molecule has 0 saturated heterocycles. The standard InChI is InChI=1S/C24H26FNO4/c1-15(16-6-8-21-17(11-16)7-9-23(27)26-21)30-20-13-18(12-19(25)14-20)24(29-3)10-4-5-22(24)28-2/h6-9,11-15,22H,4-5,10H2,1-3H3,(H,26,27). The Bertz CT molecular complexity index is 1110. The molecule has 0 aliphatic heterocycles. The number of ether oxygens (including phenoxy) is 3. The second-order valence-electron chi connectivity index (χ2n) is 7.82. The highest BCUT2D eigenvalue weighted by molar-refractivity contribution is 5.79. The first kappa shape index (κ1) is 20.6. The summed E-state index contributed by atoms with van der Waals surface area (Å²) in [6, 6.07) is 13.7. The maximum absolute atomic E-state index is 14.5. The number of H-pyrrole nitrogens is 1. The molecule has 1 aromatic heterocycles. The molecule has 1 N–H and O–H groups in total. The van der Waals surface area contributed by atoms with Crippen molar-refractivity contribution in [2.45, 2.75) is 44.0 Å². The van der Waals surface area contributed by atoms with Crippen molar-refractivity contribution in [3.8, 4) is 5.75 Å². The van der Waals surface area contributed by atoms with Crippen LogP contribution < -0.4 is 10.3 Å². The molecule has 0 spiro atoms. The van der Waals surface area contributed by atoms with E-state index in [4.69, 9.17) is 14.2 Å². The van der Waals surface area contributed by atoms with Gasteiger partial charge in [0.2, 0.25) is 5.56 Å². The van der Waals surface area contributed by atoms with Crippen LogP contribution in [0.25, 0.3) is 10.9 Å². The van der Waals surface area contributed by atoms with Crippen molar-refractivity contribution in [2.24, 2.45) is 0 Å². The predicted molar refractivity (Wildman–Crippen MR) is 113 cm³/mol. The lowest BCUT2D eigenvalue weighted by Gasteiger charge is -2.34. The van der Waals surface area contributed by atoms with Crippen LogP contribution in [-0.2, 0) is 15.1 Å². The number of fused-ring (bicyclic) bond motifs is 1. The first-order chi connectivity index (χ1) is 14.4. The zero-order chi connectivity index (χ0) is 21.3. The highest BCUT2D eigenvalue weighted by Crippen LogP contribution is 2.44. The Morgan fingerprint density at radius 2 is 1.97 bits per heavy atom. The molecule has 3 atom stereocenters. The molecule has 0 amide bonds. The van der Waals surface area contributed by atoms with Crippen molar-refractivity contribution in [2.75, 3.05) is 14.2 Å².